The maximum atomic E-state index is 10.5. The monoisotopic (exact) mass is 281 g/mol. The number of likely N-dealkylation sites (tertiary alicyclic amines) is 1. The molecule has 0 bridgehead atoms. The molecule has 1 aliphatic rings. The van der Waals surface area contributed by atoms with E-state index < -0.39 is 0 Å². The Labute approximate surface area is 127 Å². The predicted molar refractivity (Wildman–Crippen MR) is 85.9 cm³/mol. The van der Waals surface area contributed by atoms with Crippen molar-refractivity contribution in [1.82, 2.24) is 4.90 Å². The van der Waals surface area contributed by atoms with E-state index in [1.54, 1.807) is 0 Å². The van der Waals surface area contributed by atoms with Crippen molar-refractivity contribution in [3.8, 4) is 0 Å². The SMILES string of the molecule is C[C@H]1[C@@H](c2ccccc2)N(C)[C@H](c2ccccc2)C[C@@H]1O. The molecule has 2 nitrogen and oxygen atoms in total. The van der Waals surface area contributed by atoms with Crippen LogP contribution in [0.4, 0.5) is 0 Å². The molecule has 0 amide bonds. The third kappa shape index (κ3) is 2.74. The van der Waals surface area contributed by atoms with Crippen LogP contribution in [0.15, 0.2) is 60.7 Å². The van der Waals surface area contributed by atoms with E-state index in [4.69, 9.17) is 0 Å². The maximum absolute atomic E-state index is 10.5. The third-order valence-corrected chi connectivity index (χ3v) is 4.83. The molecule has 2 heteroatoms. The van der Waals surface area contributed by atoms with Gasteiger partial charge in [-0.05, 0) is 24.6 Å². The van der Waals surface area contributed by atoms with Gasteiger partial charge in [0, 0.05) is 18.0 Å². The molecule has 1 aliphatic heterocycles. The highest BCUT2D eigenvalue weighted by molar-refractivity contribution is 5.25. The Morgan fingerprint density at radius 2 is 1.43 bits per heavy atom. The molecule has 110 valence electrons. The third-order valence-electron chi connectivity index (χ3n) is 4.83. The Morgan fingerprint density at radius 1 is 0.905 bits per heavy atom. The quantitative estimate of drug-likeness (QED) is 0.905. The average molecular weight is 281 g/mol. The predicted octanol–water partition coefficient (Wildman–Crippen LogP) is 3.80. The van der Waals surface area contributed by atoms with Gasteiger partial charge in [0.2, 0.25) is 0 Å². The molecule has 3 rings (SSSR count). The van der Waals surface area contributed by atoms with Gasteiger partial charge in [-0.1, -0.05) is 67.6 Å². The van der Waals surface area contributed by atoms with Crippen molar-refractivity contribution in [1.29, 1.82) is 0 Å². The number of hydrogen-bond donors (Lipinski definition) is 1. The van der Waals surface area contributed by atoms with E-state index >= 15 is 0 Å². The lowest BCUT2D eigenvalue weighted by Gasteiger charge is -2.46. The number of hydrogen-bond acceptors (Lipinski definition) is 2. The summed E-state index contributed by atoms with van der Waals surface area (Å²) in [6.45, 7) is 2.15. The molecule has 4 atom stereocenters. The van der Waals surface area contributed by atoms with Gasteiger partial charge in [-0.3, -0.25) is 4.90 Å². The van der Waals surface area contributed by atoms with Crippen LogP contribution < -0.4 is 0 Å². The van der Waals surface area contributed by atoms with Crippen molar-refractivity contribution in [2.24, 2.45) is 5.92 Å². The van der Waals surface area contributed by atoms with Crippen molar-refractivity contribution >= 4 is 0 Å². The minimum Gasteiger partial charge on any atom is -0.393 e. The fourth-order valence-electron chi connectivity index (χ4n) is 3.62. The highest BCUT2D eigenvalue weighted by Gasteiger charge is 2.39. The first-order valence-corrected chi connectivity index (χ1v) is 7.68. The zero-order chi connectivity index (χ0) is 14.8. The summed E-state index contributed by atoms with van der Waals surface area (Å²) in [6, 6.07) is 21.6. The lowest BCUT2D eigenvalue weighted by atomic mass is 9.79. The lowest BCUT2D eigenvalue weighted by molar-refractivity contribution is -0.0328. The molecule has 2 aromatic carbocycles. The van der Waals surface area contributed by atoms with Crippen molar-refractivity contribution in [2.45, 2.75) is 31.5 Å². The standard InChI is InChI=1S/C19H23NO/c1-14-18(21)13-17(15-9-5-3-6-10-15)20(2)19(14)16-11-7-4-8-12-16/h3-12,14,17-19,21H,13H2,1-2H3/t14-,17+,18+,19+/m1/s1. The summed E-state index contributed by atoms with van der Waals surface area (Å²) >= 11 is 0. The van der Waals surface area contributed by atoms with E-state index in [-0.39, 0.29) is 24.1 Å². The Kier molecular flexibility index (Phi) is 4.09. The normalized spacial score (nSPS) is 30.2. The van der Waals surface area contributed by atoms with E-state index in [2.05, 4.69) is 67.4 Å². The van der Waals surface area contributed by atoms with Crippen molar-refractivity contribution in [3.05, 3.63) is 71.8 Å². The maximum Gasteiger partial charge on any atom is 0.0602 e. The number of aliphatic hydroxyl groups is 1. The Bertz CT molecular complexity index is 569. The number of aliphatic hydroxyl groups excluding tert-OH is 1. The summed E-state index contributed by atoms with van der Waals surface area (Å²) < 4.78 is 0. The highest BCUT2D eigenvalue weighted by Crippen LogP contribution is 2.43. The van der Waals surface area contributed by atoms with E-state index in [0.717, 1.165) is 6.42 Å². The average Bonchev–Trinajstić information content (AvgIpc) is 2.53. The number of nitrogens with zero attached hydrogens (tertiary/aromatic N) is 1. The molecule has 0 saturated carbocycles. The summed E-state index contributed by atoms with van der Waals surface area (Å²) in [5.41, 5.74) is 2.57. The van der Waals surface area contributed by atoms with E-state index in [1.807, 2.05) is 12.1 Å². The molecule has 1 saturated heterocycles. The molecule has 0 unspecified atom stereocenters. The van der Waals surface area contributed by atoms with Crippen LogP contribution in [-0.4, -0.2) is 23.2 Å². The molecule has 1 N–H and O–H groups in total. The summed E-state index contributed by atoms with van der Waals surface area (Å²) in [6.07, 6.45) is 0.530. The topological polar surface area (TPSA) is 23.5 Å². The molecule has 0 aromatic heterocycles. The van der Waals surface area contributed by atoms with Crippen LogP contribution >= 0.6 is 0 Å². The molecule has 0 aliphatic carbocycles. The largest absolute Gasteiger partial charge is 0.393 e. The highest BCUT2D eigenvalue weighted by atomic mass is 16.3. The summed E-state index contributed by atoms with van der Waals surface area (Å²) in [7, 11) is 2.18. The van der Waals surface area contributed by atoms with Crippen LogP contribution in [0.25, 0.3) is 0 Å². The first-order chi connectivity index (χ1) is 10.2. The van der Waals surface area contributed by atoms with Crippen LogP contribution in [-0.2, 0) is 0 Å². The molecule has 0 radical (unpaired) electrons. The second-order valence-electron chi connectivity index (χ2n) is 6.11. The van der Waals surface area contributed by atoms with Crippen LogP contribution in [0.3, 0.4) is 0 Å². The minimum atomic E-state index is -0.267. The fraction of sp³-hybridized carbons (Fsp3) is 0.368. The van der Waals surface area contributed by atoms with Crippen LogP contribution in [0.5, 0.6) is 0 Å². The minimum absolute atomic E-state index is 0.234. The van der Waals surface area contributed by atoms with Gasteiger partial charge in [0.25, 0.3) is 0 Å². The van der Waals surface area contributed by atoms with Gasteiger partial charge >= 0.3 is 0 Å². The molecule has 2 aromatic rings. The van der Waals surface area contributed by atoms with Gasteiger partial charge < -0.3 is 5.11 Å². The first kappa shape index (κ1) is 14.3. The van der Waals surface area contributed by atoms with E-state index in [9.17, 15) is 5.11 Å². The van der Waals surface area contributed by atoms with Crippen LogP contribution in [0, 0.1) is 5.92 Å². The second kappa shape index (κ2) is 6.00. The van der Waals surface area contributed by atoms with E-state index in [1.165, 1.54) is 11.1 Å². The second-order valence-corrected chi connectivity index (χ2v) is 6.11. The molecule has 0 spiro atoms. The van der Waals surface area contributed by atoms with Gasteiger partial charge in [-0.2, -0.15) is 0 Å². The van der Waals surface area contributed by atoms with Gasteiger partial charge in [0.05, 0.1) is 6.10 Å². The van der Waals surface area contributed by atoms with Crippen molar-refractivity contribution in [3.63, 3.8) is 0 Å². The summed E-state index contributed by atoms with van der Waals surface area (Å²) in [5, 5.41) is 10.5. The van der Waals surface area contributed by atoms with Gasteiger partial charge in [0.15, 0.2) is 0 Å². The first-order valence-electron chi connectivity index (χ1n) is 7.68. The lowest BCUT2D eigenvalue weighted by Crippen LogP contribution is -2.44. The van der Waals surface area contributed by atoms with E-state index in [0.29, 0.717) is 0 Å². The molecule has 1 heterocycles. The van der Waals surface area contributed by atoms with Crippen molar-refractivity contribution in [2.75, 3.05) is 7.05 Å². The fourth-order valence-corrected chi connectivity index (χ4v) is 3.62. The molecule has 21 heavy (non-hydrogen) atoms. The summed E-state index contributed by atoms with van der Waals surface area (Å²) in [5.74, 6) is 0.234. The zero-order valence-electron chi connectivity index (χ0n) is 12.7. The van der Waals surface area contributed by atoms with Crippen LogP contribution in [0.1, 0.15) is 36.6 Å². The van der Waals surface area contributed by atoms with Crippen molar-refractivity contribution < 1.29 is 5.11 Å². The number of benzene rings is 2. The van der Waals surface area contributed by atoms with Gasteiger partial charge in [-0.25, -0.2) is 0 Å². The smallest absolute Gasteiger partial charge is 0.0602 e. The van der Waals surface area contributed by atoms with Crippen LogP contribution in [0.2, 0.25) is 0 Å². The molecular weight excluding hydrogens is 258 g/mol. The number of piperidine rings is 1. The molecule has 1 fully saturated rings. The molecular formula is C19H23NO. The zero-order valence-corrected chi connectivity index (χ0v) is 12.7. The Hall–Kier alpha value is -1.64. The summed E-state index contributed by atoms with van der Waals surface area (Å²) in [4.78, 5) is 2.42. The van der Waals surface area contributed by atoms with Gasteiger partial charge in [0.1, 0.15) is 0 Å². The number of rotatable bonds is 2. The Morgan fingerprint density at radius 3 is 2.00 bits per heavy atom. The Balaban J connectivity index is 1.96. The van der Waals surface area contributed by atoms with Gasteiger partial charge in [-0.15, -0.1) is 0 Å².